The van der Waals surface area contributed by atoms with Gasteiger partial charge in [0.2, 0.25) is 0 Å². The number of sulfonamides is 1. The minimum Gasteiger partial charge on any atom is -0.271 e. The summed E-state index contributed by atoms with van der Waals surface area (Å²) in [6, 6.07) is 20.4. The van der Waals surface area contributed by atoms with Gasteiger partial charge in [-0.1, -0.05) is 48.0 Å². The summed E-state index contributed by atoms with van der Waals surface area (Å²) < 4.78 is 27.6. The predicted octanol–water partition coefficient (Wildman–Crippen LogP) is 3.64. The molecule has 10 heteroatoms. The lowest BCUT2D eigenvalue weighted by Crippen LogP contribution is -2.39. The molecule has 0 unspecified atom stereocenters. The number of benzene rings is 3. The van der Waals surface area contributed by atoms with Crippen LogP contribution in [0.15, 0.2) is 88.9 Å². The highest BCUT2D eigenvalue weighted by atomic mass is 32.2. The Morgan fingerprint density at radius 2 is 1.70 bits per heavy atom. The molecule has 0 spiro atoms. The monoisotopic (exact) mass is 466 g/mol. The second kappa shape index (κ2) is 10.0. The van der Waals surface area contributed by atoms with Gasteiger partial charge in [0.1, 0.15) is 6.54 Å². The first-order valence-corrected chi connectivity index (χ1v) is 11.3. The van der Waals surface area contributed by atoms with Gasteiger partial charge in [0.25, 0.3) is 21.6 Å². The molecule has 3 aromatic carbocycles. The zero-order valence-corrected chi connectivity index (χ0v) is 18.8. The van der Waals surface area contributed by atoms with E-state index in [-0.39, 0.29) is 10.6 Å². The number of non-ortho nitro benzene ring substituents is 1. The molecular weight excluding hydrogens is 444 g/mol. The van der Waals surface area contributed by atoms with Crippen LogP contribution in [0.5, 0.6) is 0 Å². The average molecular weight is 467 g/mol. The van der Waals surface area contributed by atoms with Gasteiger partial charge in [0.05, 0.1) is 21.2 Å². The summed E-state index contributed by atoms with van der Waals surface area (Å²) in [6.45, 7) is 2.92. The maximum atomic E-state index is 13.3. The van der Waals surface area contributed by atoms with Gasteiger partial charge < -0.3 is 0 Å². The second-order valence-corrected chi connectivity index (χ2v) is 9.06. The van der Waals surface area contributed by atoms with E-state index in [1.54, 1.807) is 55.5 Å². The number of anilines is 1. The Morgan fingerprint density at radius 3 is 2.33 bits per heavy atom. The number of aryl methyl sites for hydroxylation is 1. The van der Waals surface area contributed by atoms with Crippen molar-refractivity contribution in [3.05, 3.63) is 100 Å². The van der Waals surface area contributed by atoms with Gasteiger partial charge in [-0.15, -0.1) is 0 Å². The molecule has 3 aromatic rings. The van der Waals surface area contributed by atoms with E-state index in [2.05, 4.69) is 10.5 Å². The van der Waals surface area contributed by atoms with E-state index in [1.807, 2.05) is 6.92 Å². The molecule has 9 nitrogen and oxygen atoms in total. The Bertz CT molecular complexity index is 1290. The van der Waals surface area contributed by atoms with Crippen molar-refractivity contribution in [1.29, 1.82) is 0 Å². The minimum absolute atomic E-state index is 0.0565. The number of nitro benzene ring substituents is 1. The summed E-state index contributed by atoms with van der Waals surface area (Å²) in [5.74, 6) is -0.667. The molecule has 0 heterocycles. The molecule has 0 saturated heterocycles. The van der Waals surface area contributed by atoms with E-state index in [9.17, 15) is 23.3 Å². The number of hydrogen-bond acceptors (Lipinski definition) is 6. The molecule has 33 heavy (non-hydrogen) atoms. The van der Waals surface area contributed by atoms with Crippen LogP contribution in [0.3, 0.4) is 0 Å². The Balaban J connectivity index is 1.84. The van der Waals surface area contributed by atoms with Crippen molar-refractivity contribution < 1.29 is 18.1 Å². The molecule has 1 amide bonds. The number of nitro groups is 1. The number of amides is 1. The van der Waals surface area contributed by atoms with Crippen molar-refractivity contribution in [2.24, 2.45) is 5.10 Å². The van der Waals surface area contributed by atoms with Crippen molar-refractivity contribution in [3.63, 3.8) is 0 Å². The van der Waals surface area contributed by atoms with Gasteiger partial charge in [-0.05, 0) is 38.1 Å². The SMILES string of the molecule is C/C(=N/NC(=O)CN(c1ccccc1)S(=O)(=O)c1ccc(C)cc1)c1cccc([N+](=O)[O-])c1. The quantitative estimate of drug-likeness (QED) is 0.309. The first kappa shape index (κ1) is 23.6. The zero-order valence-electron chi connectivity index (χ0n) is 18.0. The molecule has 0 aliphatic heterocycles. The average Bonchev–Trinajstić information content (AvgIpc) is 2.81. The Labute approximate surface area is 191 Å². The van der Waals surface area contributed by atoms with Crippen LogP contribution < -0.4 is 9.73 Å². The van der Waals surface area contributed by atoms with Gasteiger partial charge in [-0.3, -0.25) is 19.2 Å². The molecule has 0 aromatic heterocycles. The zero-order chi connectivity index (χ0) is 24.0. The van der Waals surface area contributed by atoms with Crippen LogP contribution in [-0.4, -0.2) is 31.5 Å². The van der Waals surface area contributed by atoms with Crippen LogP contribution >= 0.6 is 0 Å². The summed E-state index contributed by atoms with van der Waals surface area (Å²) in [5, 5.41) is 14.9. The summed E-state index contributed by atoms with van der Waals surface area (Å²) in [4.78, 5) is 23.1. The number of nitrogens with one attached hydrogen (secondary N) is 1. The fourth-order valence-corrected chi connectivity index (χ4v) is 4.39. The van der Waals surface area contributed by atoms with Crippen LogP contribution in [0.25, 0.3) is 0 Å². The number of carbonyl (C=O) groups excluding carboxylic acids is 1. The first-order valence-electron chi connectivity index (χ1n) is 9.91. The van der Waals surface area contributed by atoms with E-state index in [4.69, 9.17) is 0 Å². The van der Waals surface area contributed by atoms with Crippen LogP contribution in [0, 0.1) is 17.0 Å². The van der Waals surface area contributed by atoms with Crippen molar-refractivity contribution in [2.75, 3.05) is 10.8 Å². The highest BCUT2D eigenvalue weighted by Crippen LogP contribution is 2.23. The Hall–Kier alpha value is -4.05. The molecular formula is C23H22N4O5S. The lowest BCUT2D eigenvalue weighted by Gasteiger charge is -2.23. The molecule has 0 radical (unpaired) electrons. The maximum absolute atomic E-state index is 13.3. The molecule has 0 saturated carbocycles. The third kappa shape index (κ3) is 5.80. The van der Waals surface area contributed by atoms with Crippen molar-refractivity contribution in [2.45, 2.75) is 18.7 Å². The standard InChI is InChI=1S/C23H22N4O5S/c1-17-11-13-22(14-12-17)33(31,32)26(20-8-4-3-5-9-20)16-23(28)25-24-18(2)19-7-6-10-21(15-19)27(29)30/h3-15H,16H2,1-2H3,(H,25,28)/b24-18-. The summed E-state index contributed by atoms with van der Waals surface area (Å²) in [7, 11) is -4.02. The summed E-state index contributed by atoms with van der Waals surface area (Å²) in [6.07, 6.45) is 0. The van der Waals surface area contributed by atoms with Gasteiger partial charge in [-0.2, -0.15) is 5.10 Å². The molecule has 170 valence electrons. The molecule has 0 aliphatic carbocycles. The lowest BCUT2D eigenvalue weighted by molar-refractivity contribution is -0.384. The summed E-state index contributed by atoms with van der Waals surface area (Å²) in [5.41, 5.74) is 4.25. The van der Waals surface area contributed by atoms with Crippen molar-refractivity contribution >= 4 is 33.0 Å². The summed E-state index contributed by atoms with van der Waals surface area (Å²) >= 11 is 0. The fraction of sp³-hybridized carbons (Fsp3) is 0.130. The largest absolute Gasteiger partial charge is 0.271 e. The number of rotatable bonds is 8. The smallest absolute Gasteiger partial charge is 0.270 e. The Kier molecular flexibility index (Phi) is 7.19. The lowest BCUT2D eigenvalue weighted by atomic mass is 10.1. The van der Waals surface area contributed by atoms with Gasteiger partial charge in [0.15, 0.2) is 0 Å². The van der Waals surface area contributed by atoms with Crippen molar-refractivity contribution in [3.8, 4) is 0 Å². The third-order valence-corrected chi connectivity index (χ3v) is 6.55. The third-order valence-electron chi connectivity index (χ3n) is 4.76. The van der Waals surface area contributed by atoms with Crippen LogP contribution in [0.1, 0.15) is 18.1 Å². The topological polar surface area (TPSA) is 122 Å². The van der Waals surface area contributed by atoms with E-state index >= 15 is 0 Å². The van der Waals surface area contributed by atoms with Crippen LogP contribution in [0.4, 0.5) is 11.4 Å². The van der Waals surface area contributed by atoms with E-state index in [0.29, 0.717) is 17.0 Å². The molecule has 0 aliphatic rings. The molecule has 0 bridgehead atoms. The first-order chi connectivity index (χ1) is 15.7. The molecule has 3 rings (SSSR count). The Morgan fingerprint density at radius 1 is 1.03 bits per heavy atom. The number of nitrogens with zero attached hydrogens (tertiary/aromatic N) is 3. The fourth-order valence-electron chi connectivity index (χ4n) is 2.97. The highest BCUT2D eigenvalue weighted by Gasteiger charge is 2.27. The molecule has 0 fully saturated rings. The predicted molar refractivity (Wildman–Crippen MR) is 126 cm³/mol. The van der Waals surface area contributed by atoms with Crippen LogP contribution in [0.2, 0.25) is 0 Å². The second-order valence-electron chi connectivity index (χ2n) is 7.20. The normalized spacial score (nSPS) is 11.6. The highest BCUT2D eigenvalue weighted by molar-refractivity contribution is 7.92. The van der Waals surface area contributed by atoms with Gasteiger partial charge in [-0.25, -0.2) is 13.8 Å². The van der Waals surface area contributed by atoms with Crippen LogP contribution in [-0.2, 0) is 14.8 Å². The molecule has 1 N–H and O–H groups in total. The maximum Gasteiger partial charge on any atom is 0.270 e. The number of carbonyl (C=O) groups is 1. The van der Waals surface area contributed by atoms with Gasteiger partial charge >= 0.3 is 0 Å². The number of hydrogen-bond donors (Lipinski definition) is 1. The van der Waals surface area contributed by atoms with E-state index in [1.165, 1.54) is 30.3 Å². The van der Waals surface area contributed by atoms with Gasteiger partial charge in [0, 0.05) is 17.7 Å². The van der Waals surface area contributed by atoms with E-state index in [0.717, 1.165) is 9.87 Å². The number of hydrazone groups is 1. The number of para-hydroxylation sites is 1. The minimum atomic E-state index is -4.02. The van der Waals surface area contributed by atoms with E-state index < -0.39 is 27.4 Å². The van der Waals surface area contributed by atoms with Crippen molar-refractivity contribution in [1.82, 2.24) is 5.43 Å². The molecule has 0 atom stereocenters.